The molecular weight excluding hydrogens is 359 g/mol. The number of carbonyl (C=O) groups is 1. The summed E-state index contributed by atoms with van der Waals surface area (Å²) in [5.41, 5.74) is 9.59. The number of halogens is 2. The highest BCUT2D eigenvalue weighted by atomic mass is 35.5. The van der Waals surface area contributed by atoms with Crippen molar-refractivity contribution in [2.24, 2.45) is 5.10 Å². The molecule has 2 aromatic rings. The minimum absolute atomic E-state index is 0.0124. The Morgan fingerprint density at radius 2 is 2.08 bits per heavy atom. The van der Waals surface area contributed by atoms with Crippen molar-refractivity contribution < 1.29 is 13.9 Å². The molecule has 2 atom stereocenters. The smallest absolute Gasteiger partial charge is 0.258 e. The van der Waals surface area contributed by atoms with E-state index in [0.29, 0.717) is 6.42 Å². The van der Waals surface area contributed by atoms with Crippen molar-refractivity contribution in [2.45, 2.75) is 18.5 Å². The second kappa shape index (κ2) is 8.27. The molecule has 1 aliphatic heterocycles. The molecule has 1 fully saturated rings. The maximum absolute atomic E-state index is 13.6. The van der Waals surface area contributed by atoms with Crippen molar-refractivity contribution in [3.05, 3.63) is 64.4 Å². The molecule has 0 radical (unpaired) electrons. The van der Waals surface area contributed by atoms with Gasteiger partial charge in [-0.1, -0.05) is 29.8 Å². The van der Waals surface area contributed by atoms with Crippen LogP contribution in [-0.2, 0) is 4.79 Å². The predicted octanol–water partition coefficient (Wildman–Crippen LogP) is 2.55. The van der Waals surface area contributed by atoms with E-state index in [0.717, 1.165) is 11.3 Å². The monoisotopic (exact) mass is 376 g/mol. The highest BCUT2D eigenvalue weighted by molar-refractivity contribution is 6.33. The number of rotatable bonds is 5. The lowest BCUT2D eigenvalue weighted by atomic mass is 10.0. The van der Waals surface area contributed by atoms with Crippen LogP contribution in [-0.4, -0.2) is 25.3 Å². The molecule has 1 saturated heterocycles. The van der Waals surface area contributed by atoms with Crippen LogP contribution in [0, 0.1) is 5.82 Å². The third kappa shape index (κ3) is 4.19. The van der Waals surface area contributed by atoms with Gasteiger partial charge in [0.15, 0.2) is 0 Å². The van der Waals surface area contributed by atoms with Gasteiger partial charge in [-0.25, -0.2) is 20.7 Å². The second-order valence-corrected chi connectivity index (χ2v) is 6.18. The molecule has 1 amide bonds. The molecule has 1 heterocycles. The van der Waals surface area contributed by atoms with Crippen LogP contribution in [0.4, 0.5) is 4.39 Å². The lowest BCUT2D eigenvalue weighted by Crippen LogP contribution is -2.41. The fourth-order valence-corrected chi connectivity index (χ4v) is 2.87. The quantitative estimate of drug-likeness (QED) is 0.554. The second-order valence-electron chi connectivity index (χ2n) is 5.77. The Bertz CT molecular complexity index is 793. The van der Waals surface area contributed by atoms with Gasteiger partial charge in [0, 0.05) is 11.6 Å². The molecule has 1 aliphatic rings. The summed E-state index contributed by atoms with van der Waals surface area (Å²) in [6.45, 7) is 0. The Morgan fingerprint density at radius 3 is 2.77 bits per heavy atom. The molecule has 0 bridgehead atoms. The van der Waals surface area contributed by atoms with E-state index in [-0.39, 0.29) is 22.5 Å². The van der Waals surface area contributed by atoms with E-state index in [2.05, 4.69) is 21.4 Å². The van der Waals surface area contributed by atoms with Gasteiger partial charge in [-0.2, -0.15) is 5.10 Å². The summed E-state index contributed by atoms with van der Waals surface area (Å²) in [7, 11) is 1.61. The van der Waals surface area contributed by atoms with Gasteiger partial charge < -0.3 is 4.74 Å². The summed E-state index contributed by atoms with van der Waals surface area (Å²) in [5.74, 6) is -0.0527. The number of hydrazine groups is 1. The number of carbonyl (C=O) groups excluding carboxylic acids is 1. The first-order valence-electron chi connectivity index (χ1n) is 8.00. The Balaban J connectivity index is 1.56. The number of hydrazone groups is 1. The molecule has 136 valence electrons. The summed E-state index contributed by atoms with van der Waals surface area (Å²) >= 11 is 5.91. The highest BCUT2D eigenvalue weighted by Crippen LogP contribution is 2.24. The minimum atomic E-state index is -0.504. The molecule has 6 nitrogen and oxygen atoms in total. The molecule has 3 N–H and O–H groups in total. The minimum Gasteiger partial charge on any atom is -0.497 e. The van der Waals surface area contributed by atoms with Gasteiger partial charge in [-0.3, -0.25) is 4.79 Å². The highest BCUT2D eigenvalue weighted by Gasteiger charge is 2.30. The Kier molecular flexibility index (Phi) is 5.82. The number of nitrogens with zero attached hydrogens (tertiary/aromatic N) is 1. The van der Waals surface area contributed by atoms with Crippen molar-refractivity contribution in [1.29, 1.82) is 0 Å². The van der Waals surface area contributed by atoms with Crippen LogP contribution in [0.3, 0.4) is 0 Å². The first-order chi connectivity index (χ1) is 12.6. The van der Waals surface area contributed by atoms with Crippen molar-refractivity contribution in [1.82, 2.24) is 16.3 Å². The van der Waals surface area contributed by atoms with E-state index in [9.17, 15) is 9.18 Å². The number of amides is 1. The van der Waals surface area contributed by atoms with Crippen molar-refractivity contribution in [3.63, 3.8) is 0 Å². The molecule has 26 heavy (non-hydrogen) atoms. The van der Waals surface area contributed by atoms with Crippen LogP contribution in [0.1, 0.15) is 23.6 Å². The first-order valence-corrected chi connectivity index (χ1v) is 8.38. The summed E-state index contributed by atoms with van der Waals surface area (Å²) in [6, 6.07) is 11.5. The Hall–Kier alpha value is -2.48. The zero-order valence-electron chi connectivity index (χ0n) is 14.0. The Labute approximate surface area is 155 Å². The van der Waals surface area contributed by atoms with Crippen LogP contribution < -0.4 is 21.0 Å². The van der Waals surface area contributed by atoms with Crippen LogP contribution in [0.15, 0.2) is 47.6 Å². The third-order valence-electron chi connectivity index (χ3n) is 4.11. The normalized spacial score (nSPS) is 19.7. The summed E-state index contributed by atoms with van der Waals surface area (Å²) < 4.78 is 18.8. The number of hydrogen-bond acceptors (Lipinski definition) is 5. The van der Waals surface area contributed by atoms with E-state index in [4.69, 9.17) is 16.3 Å². The standard InChI is InChI=1S/C18H18ClFN4O2/c1-26-12-7-5-11(6-8-12)16-9-17(23-22-16)18(25)24-21-10-13-14(19)3-2-4-15(13)20/h2-8,10,16-17,22-23H,9H2,1H3,(H,24,25)/b21-10+. The van der Waals surface area contributed by atoms with Gasteiger partial charge in [-0.05, 0) is 36.2 Å². The SMILES string of the molecule is COc1ccc(C2CC(C(=O)N/N=C/c3c(F)cccc3Cl)NN2)cc1. The molecule has 0 spiro atoms. The van der Waals surface area contributed by atoms with Gasteiger partial charge in [-0.15, -0.1) is 0 Å². The number of ether oxygens (including phenoxy) is 1. The zero-order chi connectivity index (χ0) is 18.5. The average molecular weight is 377 g/mol. The number of benzene rings is 2. The van der Waals surface area contributed by atoms with Crippen molar-refractivity contribution in [2.75, 3.05) is 7.11 Å². The van der Waals surface area contributed by atoms with E-state index >= 15 is 0 Å². The van der Waals surface area contributed by atoms with Gasteiger partial charge >= 0.3 is 0 Å². The van der Waals surface area contributed by atoms with Gasteiger partial charge in [0.25, 0.3) is 5.91 Å². The third-order valence-corrected chi connectivity index (χ3v) is 4.44. The maximum Gasteiger partial charge on any atom is 0.258 e. The molecule has 0 aliphatic carbocycles. The molecule has 0 saturated carbocycles. The number of nitrogens with one attached hydrogen (secondary N) is 3. The van der Waals surface area contributed by atoms with Crippen LogP contribution in [0.2, 0.25) is 5.02 Å². The fourth-order valence-electron chi connectivity index (χ4n) is 2.66. The van der Waals surface area contributed by atoms with E-state index in [1.165, 1.54) is 18.3 Å². The predicted molar refractivity (Wildman–Crippen MR) is 97.6 cm³/mol. The van der Waals surface area contributed by atoms with Crippen molar-refractivity contribution >= 4 is 23.7 Å². The molecule has 2 aromatic carbocycles. The topological polar surface area (TPSA) is 74.8 Å². The molecule has 2 unspecified atom stereocenters. The first kappa shape index (κ1) is 18.3. The van der Waals surface area contributed by atoms with E-state index in [1.54, 1.807) is 13.2 Å². The van der Waals surface area contributed by atoms with Crippen LogP contribution >= 0.6 is 11.6 Å². The summed E-state index contributed by atoms with van der Waals surface area (Å²) in [6.07, 6.45) is 1.74. The van der Waals surface area contributed by atoms with E-state index < -0.39 is 11.9 Å². The summed E-state index contributed by atoms with van der Waals surface area (Å²) in [5, 5.41) is 4.02. The Morgan fingerprint density at radius 1 is 1.31 bits per heavy atom. The largest absolute Gasteiger partial charge is 0.497 e. The van der Waals surface area contributed by atoms with Crippen LogP contribution in [0.25, 0.3) is 0 Å². The van der Waals surface area contributed by atoms with Crippen LogP contribution in [0.5, 0.6) is 5.75 Å². The lowest BCUT2D eigenvalue weighted by molar-refractivity contribution is -0.122. The van der Waals surface area contributed by atoms with Gasteiger partial charge in [0.1, 0.15) is 17.6 Å². The fraction of sp³-hybridized carbons (Fsp3) is 0.222. The average Bonchev–Trinajstić information content (AvgIpc) is 3.14. The summed E-state index contributed by atoms with van der Waals surface area (Å²) in [4.78, 5) is 12.2. The van der Waals surface area contributed by atoms with E-state index in [1.807, 2.05) is 24.3 Å². The lowest BCUT2D eigenvalue weighted by Gasteiger charge is -2.10. The maximum atomic E-state index is 13.6. The molecular formula is C18H18ClFN4O2. The zero-order valence-corrected chi connectivity index (χ0v) is 14.8. The molecule has 0 aromatic heterocycles. The van der Waals surface area contributed by atoms with Gasteiger partial charge in [0.2, 0.25) is 0 Å². The number of hydrogen-bond donors (Lipinski definition) is 3. The molecule has 3 rings (SSSR count). The van der Waals surface area contributed by atoms with Crippen molar-refractivity contribution in [3.8, 4) is 5.75 Å². The number of methoxy groups -OCH3 is 1. The van der Waals surface area contributed by atoms with Gasteiger partial charge in [0.05, 0.1) is 18.3 Å². The molecule has 8 heteroatoms.